The third kappa shape index (κ3) is 2.67. The normalized spacial score (nSPS) is 14.7. The Morgan fingerprint density at radius 2 is 2.05 bits per heavy atom. The number of carbonyl (C=O) groups is 3. The number of nitrogens with one attached hydrogen (secondary N) is 1. The molecule has 8 nitrogen and oxygen atoms in total. The molecule has 1 aliphatic rings. The maximum Gasteiger partial charge on any atom is 0.282 e. The van der Waals surface area contributed by atoms with Gasteiger partial charge in [0.15, 0.2) is 0 Å². The second-order valence-electron chi connectivity index (χ2n) is 5.03. The van der Waals surface area contributed by atoms with Crippen molar-refractivity contribution in [1.82, 2.24) is 10.2 Å². The molecule has 2 rings (SSSR count). The first-order chi connectivity index (χ1) is 10.4. The van der Waals surface area contributed by atoms with E-state index in [0.717, 1.165) is 11.0 Å². The number of nitro benzene ring substituents is 1. The molecule has 3 amide bonds. The number of imide groups is 1. The van der Waals surface area contributed by atoms with Crippen molar-refractivity contribution in [3.05, 3.63) is 39.4 Å². The minimum atomic E-state index is -0.813. The number of hydrogen-bond donors (Lipinski definition) is 1. The highest BCUT2D eigenvalue weighted by atomic mass is 16.6. The van der Waals surface area contributed by atoms with Crippen molar-refractivity contribution in [1.29, 1.82) is 0 Å². The minimum Gasteiger partial charge on any atom is -0.352 e. The van der Waals surface area contributed by atoms with Gasteiger partial charge in [-0.1, -0.05) is 13.0 Å². The Morgan fingerprint density at radius 3 is 2.64 bits per heavy atom. The van der Waals surface area contributed by atoms with Gasteiger partial charge in [0.2, 0.25) is 5.91 Å². The largest absolute Gasteiger partial charge is 0.352 e. The number of nitrogens with zero attached hydrogens (tertiary/aromatic N) is 2. The van der Waals surface area contributed by atoms with E-state index in [1.807, 2.05) is 6.92 Å². The van der Waals surface area contributed by atoms with Crippen LogP contribution in [-0.2, 0) is 4.79 Å². The molecule has 1 heterocycles. The molecule has 0 saturated carbocycles. The SMILES string of the molecule is CCC(C)NC(=O)CN1C(=O)c2cccc([N+](=O)[O-])c2C1=O. The Bertz CT molecular complexity index is 670. The summed E-state index contributed by atoms with van der Waals surface area (Å²) in [6, 6.07) is 3.75. The van der Waals surface area contributed by atoms with Crippen LogP contribution in [0, 0.1) is 10.1 Å². The highest BCUT2D eigenvalue weighted by Gasteiger charge is 2.41. The molecule has 0 radical (unpaired) electrons. The monoisotopic (exact) mass is 305 g/mol. The summed E-state index contributed by atoms with van der Waals surface area (Å²) in [6.07, 6.45) is 0.708. The van der Waals surface area contributed by atoms with Gasteiger partial charge in [-0.15, -0.1) is 0 Å². The van der Waals surface area contributed by atoms with E-state index in [1.54, 1.807) is 6.92 Å². The summed E-state index contributed by atoms with van der Waals surface area (Å²) < 4.78 is 0. The van der Waals surface area contributed by atoms with Gasteiger partial charge in [0.25, 0.3) is 17.5 Å². The Hall–Kier alpha value is -2.77. The number of nitro groups is 1. The van der Waals surface area contributed by atoms with E-state index in [1.165, 1.54) is 12.1 Å². The van der Waals surface area contributed by atoms with E-state index < -0.39 is 34.9 Å². The van der Waals surface area contributed by atoms with Crippen LogP contribution >= 0.6 is 0 Å². The van der Waals surface area contributed by atoms with Gasteiger partial charge < -0.3 is 5.32 Å². The van der Waals surface area contributed by atoms with Crippen molar-refractivity contribution >= 4 is 23.4 Å². The highest BCUT2D eigenvalue weighted by Crippen LogP contribution is 2.30. The van der Waals surface area contributed by atoms with Crippen LogP contribution in [0.2, 0.25) is 0 Å². The fourth-order valence-electron chi connectivity index (χ4n) is 2.18. The molecule has 1 aliphatic heterocycles. The fraction of sp³-hybridized carbons (Fsp3) is 0.357. The summed E-state index contributed by atoms with van der Waals surface area (Å²) >= 11 is 0. The molecule has 0 aromatic heterocycles. The third-order valence-corrected chi connectivity index (χ3v) is 3.50. The van der Waals surface area contributed by atoms with Crippen LogP contribution in [-0.4, -0.2) is 40.1 Å². The lowest BCUT2D eigenvalue weighted by Crippen LogP contribution is -2.43. The molecule has 116 valence electrons. The van der Waals surface area contributed by atoms with E-state index >= 15 is 0 Å². The second kappa shape index (κ2) is 5.92. The zero-order valence-corrected chi connectivity index (χ0v) is 12.2. The van der Waals surface area contributed by atoms with Gasteiger partial charge in [0, 0.05) is 12.1 Å². The van der Waals surface area contributed by atoms with Crippen molar-refractivity contribution in [3.8, 4) is 0 Å². The summed E-state index contributed by atoms with van der Waals surface area (Å²) in [7, 11) is 0. The zero-order valence-electron chi connectivity index (χ0n) is 12.2. The van der Waals surface area contributed by atoms with Gasteiger partial charge in [-0.2, -0.15) is 0 Å². The lowest BCUT2D eigenvalue weighted by atomic mass is 10.1. The first kappa shape index (κ1) is 15.6. The molecule has 0 aliphatic carbocycles. The maximum atomic E-state index is 12.2. The summed E-state index contributed by atoms with van der Waals surface area (Å²) in [6.45, 7) is 3.23. The molecule has 8 heteroatoms. The van der Waals surface area contributed by atoms with Crippen LogP contribution in [0.15, 0.2) is 18.2 Å². The Morgan fingerprint density at radius 1 is 1.36 bits per heavy atom. The van der Waals surface area contributed by atoms with Crippen LogP contribution in [0.4, 0.5) is 5.69 Å². The number of carbonyl (C=O) groups excluding carboxylic acids is 3. The summed E-state index contributed by atoms with van der Waals surface area (Å²) in [5.74, 6) is -1.99. The van der Waals surface area contributed by atoms with Gasteiger partial charge in [0.05, 0.1) is 10.5 Å². The van der Waals surface area contributed by atoms with E-state index in [0.29, 0.717) is 6.42 Å². The number of rotatable bonds is 5. The van der Waals surface area contributed by atoms with Crippen LogP contribution in [0.1, 0.15) is 41.0 Å². The average molecular weight is 305 g/mol. The number of amides is 3. The summed E-state index contributed by atoms with van der Waals surface area (Å²) in [5, 5.41) is 13.6. The third-order valence-electron chi connectivity index (χ3n) is 3.50. The number of hydrogen-bond acceptors (Lipinski definition) is 5. The predicted octanol–water partition coefficient (Wildman–Crippen LogP) is 1.11. The van der Waals surface area contributed by atoms with Crippen LogP contribution in [0.3, 0.4) is 0 Å². The molecule has 1 N–H and O–H groups in total. The Balaban J connectivity index is 2.26. The van der Waals surface area contributed by atoms with Crippen LogP contribution in [0.5, 0.6) is 0 Å². The first-order valence-electron chi connectivity index (χ1n) is 6.79. The van der Waals surface area contributed by atoms with Crippen molar-refractivity contribution < 1.29 is 19.3 Å². The number of benzene rings is 1. The predicted molar refractivity (Wildman–Crippen MR) is 76.4 cm³/mol. The lowest BCUT2D eigenvalue weighted by molar-refractivity contribution is -0.385. The average Bonchev–Trinajstić information content (AvgIpc) is 2.72. The molecular weight excluding hydrogens is 290 g/mol. The molecule has 1 unspecified atom stereocenters. The van der Waals surface area contributed by atoms with Crippen LogP contribution < -0.4 is 5.32 Å². The first-order valence-corrected chi connectivity index (χ1v) is 6.79. The molecule has 0 fully saturated rings. The van der Waals surface area contributed by atoms with Crippen molar-refractivity contribution in [3.63, 3.8) is 0 Å². The van der Waals surface area contributed by atoms with E-state index in [2.05, 4.69) is 5.32 Å². The molecule has 0 spiro atoms. The van der Waals surface area contributed by atoms with E-state index in [9.17, 15) is 24.5 Å². The topological polar surface area (TPSA) is 110 Å². The Kier molecular flexibility index (Phi) is 4.20. The second-order valence-corrected chi connectivity index (χ2v) is 5.03. The Labute approximate surface area is 126 Å². The van der Waals surface area contributed by atoms with Crippen LogP contribution in [0.25, 0.3) is 0 Å². The maximum absolute atomic E-state index is 12.2. The van der Waals surface area contributed by atoms with Crippen molar-refractivity contribution in [2.24, 2.45) is 0 Å². The van der Waals surface area contributed by atoms with Gasteiger partial charge in [-0.3, -0.25) is 29.4 Å². The smallest absolute Gasteiger partial charge is 0.282 e. The van der Waals surface area contributed by atoms with Gasteiger partial charge in [-0.25, -0.2) is 0 Å². The van der Waals surface area contributed by atoms with Gasteiger partial charge in [0.1, 0.15) is 12.1 Å². The summed E-state index contributed by atoms with van der Waals surface area (Å²) in [4.78, 5) is 47.2. The summed E-state index contributed by atoms with van der Waals surface area (Å²) in [5.41, 5.74) is -0.731. The molecule has 1 aromatic carbocycles. The molecule has 22 heavy (non-hydrogen) atoms. The number of fused-ring (bicyclic) bond motifs is 1. The van der Waals surface area contributed by atoms with E-state index in [-0.39, 0.29) is 17.2 Å². The highest BCUT2D eigenvalue weighted by molar-refractivity contribution is 6.24. The van der Waals surface area contributed by atoms with Gasteiger partial charge >= 0.3 is 0 Å². The van der Waals surface area contributed by atoms with Gasteiger partial charge in [-0.05, 0) is 19.4 Å². The minimum absolute atomic E-state index is 0.0458. The van der Waals surface area contributed by atoms with Crippen molar-refractivity contribution in [2.75, 3.05) is 6.54 Å². The molecule has 0 bridgehead atoms. The standard InChI is InChI=1S/C14H15N3O5/c1-3-8(2)15-11(18)7-16-13(19)9-5-4-6-10(17(21)22)12(9)14(16)20/h4-6,8H,3,7H2,1-2H3,(H,15,18). The molecule has 1 aromatic rings. The molecule has 0 saturated heterocycles. The molecular formula is C14H15N3O5. The van der Waals surface area contributed by atoms with E-state index in [4.69, 9.17) is 0 Å². The fourth-order valence-corrected chi connectivity index (χ4v) is 2.18. The zero-order chi connectivity index (χ0) is 16.4. The molecule has 1 atom stereocenters. The van der Waals surface area contributed by atoms with Crippen molar-refractivity contribution in [2.45, 2.75) is 26.3 Å². The lowest BCUT2D eigenvalue weighted by Gasteiger charge is -2.16. The quantitative estimate of drug-likeness (QED) is 0.497.